The Labute approximate surface area is 102 Å². The molecule has 0 amide bonds. The average molecular weight is 247 g/mol. The fourth-order valence-electron chi connectivity index (χ4n) is 1.15. The summed E-state index contributed by atoms with van der Waals surface area (Å²) in [5.41, 5.74) is 0. The van der Waals surface area contributed by atoms with E-state index in [0.717, 1.165) is 25.8 Å². The Morgan fingerprint density at radius 3 is 2.81 bits per heavy atom. The molecule has 2 N–H and O–H groups in total. The molecule has 94 valence electrons. The number of hydrogen-bond acceptors (Lipinski definition) is 5. The van der Waals surface area contributed by atoms with Gasteiger partial charge in [-0.2, -0.15) is 12.6 Å². The van der Waals surface area contributed by atoms with E-state index >= 15 is 0 Å². The van der Waals surface area contributed by atoms with Crippen molar-refractivity contribution in [1.82, 2.24) is 5.32 Å². The summed E-state index contributed by atoms with van der Waals surface area (Å²) >= 11 is 4.09. The van der Waals surface area contributed by atoms with Crippen LogP contribution >= 0.6 is 12.6 Å². The van der Waals surface area contributed by atoms with Crippen LogP contribution < -0.4 is 5.32 Å². The van der Waals surface area contributed by atoms with Gasteiger partial charge in [0.25, 0.3) is 0 Å². The maximum Gasteiger partial charge on any atom is 0.324 e. The Balaban J connectivity index is 3.64. The standard InChI is InChI=1S/C11H21NO3S/c1-2-8-15-11(14)10(9-16)12-6-4-3-5-7-13/h2,10,12-13,16H,1,3-9H2/t10-/m0/s1. The van der Waals surface area contributed by atoms with Gasteiger partial charge in [-0.05, 0) is 25.8 Å². The summed E-state index contributed by atoms with van der Waals surface area (Å²) in [6.07, 6.45) is 4.22. The van der Waals surface area contributed by atoms with Gasteiger partial charge < -0.3 is 15.2 Å². The van der Waals surface area contributed by atoms with Crippen LogP contribution in [-0.4, -0.2) is 42.6 Å². The molecule has 0 saturated carbocycles. The van der Waals surface area contributed by atoms with Crippen LogP contribution in [0.2, 0.25) is 0 Å². The first-order valence-electron chi connectivity index (χ1n) is 5.49. The molecule has 4 nitrogen and oxygen atoms in total. The lowest BCUT2D eigenvalue weighted by Crippen LogP contribution is -2.40. The van der Waals surface area contributed by atoms with Gasteiger partial charge in [-0.1, -0.05) is 12.7 Å². The van der Waals surface area contributed by atoms with Crippen molar-refractivity contribution in [3.8, 4) is 0 Å². The van der Waals surface area contributed by atoms with Gasteiger partial charge in [0.1, 0.15) is 12.6 Å². The molecule has 5 heteroatoms. The van der Waals surface area contributed by atoms with Gasteiger partial charge in [-0.25, -0.2) is 0 Å². The molecular formula is C11H21NO3S. The SMILES string of the molecule is C=CCOC(=O)[C@H](CS)NCCCCCO. The van der Waals surface area contributed by atoms with E-state index in [1.165, 1.54) is 6.08 Å². The van der Waals surface area contributed by atoms with Gasteiger partial charge >= 0.3 is 5.97 Å². The molecule has 0 heterocycles. The molecule has 1 atom stereocenters. The van der Waals surface area contributed by atoms with Gasteiger partial charge in [-0.15, -0.1) is 0 Å². The third-order valence-electron chi connectivity index (χ3n) is 2.04. The van der Waals surface area contributed by atoms with E-state index in [1.807, 2.05) is 0 Å². The molecular weight excluding hydrogens is 226 g/mol. The minimum absolute atomic E-state index is 0.220. The van der Waals surface area contributed by atoms with E-state index in [1.54, 1.807) is 0 Å². The largest absolute Gasteiger partial charge is 0.460 e. The smallest absolute Gasteiger partial charge is 0.324 e. The number of esters is 1. The fraction of sp³-hybridized carbons (Fsp3) is 0.727. The molecule has 0 unspecified atom stereocenters. The van der Waals surface area contributed by atoms with Crippen LogP contribution in [0.1, 0.15) is 19.3 Å². The maximum atomic E-state index is 11.4. The number of carbonyl (C=O) groups is 1. The molecule has 0 bridgehead atoms. The lowest BCUT2D eigenvalue weighted by molar-refractivity contribution is -0.144. The van der Waals surface area contributed by atoms with E-state index in [2.05, 4.69) is 24.5 Å². The zero-order chi connectivity index (χ0) is 12.2. The van der Waals surface area contributed by atoms with Crippen molar-refractivity contribution in [2.45, 2.75) is 25.3 Å². The molecule has 0 aromatic carbocycles. The predicted molar refractivity (Wildman–Crippen MR) is 67.7 cm³/mol. The number of nitrogens with one attached hydrogen (secondary N) is 1. The van der Waals surface area contributed by atoms with Crippen LogP contribution in [0.15, 0.2) is 12.7 Å². The fourth-order valence-corrected chi connectivity index (χ4v) is 1.43. The first-order valence-corrected chi connectivity index (χ1v) is 6.12. The van der Waals surface area contributed by atoms with Gasteiger partial charge in [0, 0.05) is 12.4 Å². The topological polar surface area (TPSA) is 58.6 Å². The van der Waals surface area contributed by atoms with Gasteiger partial charge in [-0.3, -0.25) is 4.79 Å². The number of rotatable bonds is 10. The van der Waals surface area contributed by atoms with Crippen molar-refractivity contribution in [3.63, 3.8) is 0 Å². The number of ether oxygens (including phenoxy) is 1. The number of carbonyl (C=O) groups excluding carboxylic acids is 1. The molecule has 0 aliphatic heterocycles. The van der Waals surface area contributed by atoms with Crippen molar-refractivity contribution < 1.29 is 14.6 Å². The highest BCUT2D eigenvalue weighted by molar-refractivity contribution is 7.80. The molecule has 0 aromatic heterocycles. The van der Waals surface area contributed by atoms with Crippen molar-refractivity contribution in [2.24, 2.45) is 0 Å². The van der Waals surface area contributed by atoms with Gasteiger partial charge in [0.2, 0.25) is 0 Å². The monoisotopic (exact) mass is 247 g/mol. The zero-order valence-electron chi connectivity index (χ0n) is 9.52. The van der Waals surface area contributed by atoms with E-state index in [-0.39, 0.29) is 25.2 Å². The highest BCUT2D eigenvalue weighted by Crippen LogP contribution is 1.96. The third kappa shape index (κ3) is 7.73. The van der Waals surface area contributed by atoms with Crippen molar-refractivity contribution in [2.75, 3.05) is 25.5 Å². The van der Waals surface area contributed by atoms with Crippen LogP contribution in [0.25, 0.3) is 0 Å². The molecule has 0 aliphatic carbocycles. The van der Waals surface area contributed by atoms with Crippen molar-refractivity contribution in [1.29, 1.82) is 0 Å². The van der Waals surface area contributed by atoms with Crippen LogP contribution in [-0.2, 0) is 9.53 Å². The number of thiol groups is 1. The summed E-state index contributed by atoms with van der Waals surface area (Å²) in [5, 5.41) is 11.7. The molecule has 0 fully saturated rings. The molecule has 0 aliphatic rings. The average Bonchev–Trinajstić information content (AvgIpc) is 2.31. The summed E-state index contributed by atoms with van der Waals surface area (Å²) in [5.74, 6) is 0.118. The second-order valence-corrected chi connectivity index (χ2v) is 3.76. The third-order valence-corrected chi connectivity index (χ3v) is 2.40. The Morgan fingerprint density at radius 1 is 1.50 bits per heavy atom. The Bertz CT molecular complexity index is 200. The van der Waals surface area contributed by atoms with Crippen molar-refractivity contribution in [3.05, 3.63) is 12.7 Å². The van der Waals surface area contributed by atoms with Crippen molar-refractivity contribution >= 4 is 18.6 Å². The molecule has 0 spiro atoms. The van der Waals surface area contributed by atoms with Crippen LogP contribution in [0, 0.1) is 0 Å². The molecule has 0 rings (SSSR count). The lowest BCUT2D eigenvalue weighted by Gasteiger charge is -2.14. The quantitative estimate of drug-likeness (QED) is 0.231. The highest BCUT2D eigenvalue weighted by atomic mass is 32.1. The number of unbranched alkanes of at least 4 members (excludes halogenated alkanes) is 2. The summed E-state index contributed by atoms with van der Waals surface area (Å²) in [6, 6.07) is -0.364. The summed E-state index contributed by atoms with van der Waals surface area (Å²) in [4.78, 5) is 11.4. The van der Waals surface area contributed by atoms with E-state index < -0.39 is 0 Å². The van der Waals surface area contributed by atoms with Gasteiger partial charge in [0.15, 0.2) is 0 Å². The molecule has 16 heavy (non-hydrogen) atoms. The summed E-state index contributed by atoms with van der Waals surface area (Å²) < 4.78 is 4.91. The van der Waals surface area contributed by atoms with Crippen LogP contribution in [0.5, 0.6) is 0 Å². The molecule has 0 saturated heterocycles. The molecule has 0 radical (unpaired) electrons. The summed E-state index contributed by atoms with van der Waals surface area (Å²) in [7, 11) is 0. The zero-order valence-corrected chi connectivity index (χ0v) is 10.4. The predicted octanol–water partition coefficient (Wildman–Crippen LogP) is 0.766. The van der Waals surface area contributed by atoms with Gasteiger partial charge in [0.05, 0.1) is 0 Å². The van der Waals surface area contributed by atoms with E-state index in [9.17, 15) is 4.79 Å². The number of aliphatic hydroxyl groups is 1. The Kier molecular flexibility index (Phi) is 10.6. The minimum Gasteiger partial charge on any atom is -0.460 e. The van der Waals surface area contributed by atoms with E-state index in [4.69, 9.17) is 9.84 Å². The minimum atomic E-state index is -0.364. The lowest BCUT2D eigenvalue weighted by atomic mass is 10.2. The second-order valence-electron chi connectivity index (χ2n) is 3.39. The Morgan fingerprint density at radius 2 is 2.25 bits per heavy atom. The molecule has 0 aromatic rings. The summed E-state index contributed by atoms with van der Waals surface area (Å²) in [6.45, 7) is 4.65. The first-order chi connectivity index (χ1) is 7.76. The Hall–Kier alpha value is -0.520. The van der Waals surface area contributed by atoms with E-state index in [0.29, 0.717) is 5.75 Å². The second kappa shape index (κ2) is 11.0. The highest BCUT2D eigenvalue weighted by Gasteiger charge is 2.16. The van der Waals surface area contributed by atoms with Crippen LogP contribution in [0.3, 0.4) is 0 Å². The number of aliphatic hydroxyl groups excluding tert-OH is 1. The maximum absolute atomic E-state index is 11.4. The first kappa shape index (κ1) is 15.5. The number of hydrogen-bond donors (Lipinski definition) is 3. The normalized spacial score (nSPS) is 12.1. The van der Waals surface area contributed by atoms with Crippen LogP contribution in [0.4, 0.5) is 0 Å².